The van der Waals surface area contributed by atoms with E-state index in [1.165, 1.54) is 0 Å². The van der Waals surface area contributed by atoms with Crippen LogP contribution in [0.3, 0.4) is 0 Å². The monoisotopic (exact) mass is 313 g/mol. The van der Waals surface area contributed by atoms with E-state index in [0.717, 1.165) is 15.6 Å². The maximum atomic E-state index is 12.4. The SMILES string of the molecule is CCN(C(=O)c1ccc(Br)c(C)c1)C(C)COC. The lowest BCUT2D eigenvalue weighted by Crippen LogP contribution is -2.40. The van der Waals surface area contributed by atoms with Gasteiger partial charge in [0.15, 0.2) is 0 Å². The van der Waals surface area contributed by atoms with Crippen LogP contribution in [0.5, 0.6) is 0 Å². The topological polar surface area (TPSA) is 29.5 Å². The third-order valence-electron chi connectivity index (χ3n) is 2.95. The summed E-state index contributed by atoms with van der Waals surface area (Å²) in [6.45, 7) is 7.19. The number of ether oxygens (including phenoxy) is 1. The van der Waals surface area contributed by atoms with Gasteiger partial charge in [-0.15, -0.1) is 0 Å². The van der Waals surface area contributed by atoms with Gasteiger partial charge in [0.2, 0.25) is 0 Å². The highest BCUT2D eigenvalue weighted by atomic mass is 79.9. The minimum absolute atomic E-state index is 0.0534. The van der Waals surface area contributed by atoms with Crippen molar-refractivity contribution < 1.29 is 9.53 Å². The van der Waals surface area contributed by atoms with E-state index < -0.39 is 0 Å². The number of hydrogen-bond donors (Lipinski definition) is 0. The number of rotatable bonds is 5. The molecule has 1 unspecified atom stereocenters. The van der Waals surface area contributed by atoms with Crippen LogP contribution in [0.25, 0.3) is 0 Å². The molecule has 0 radical (unpaired) electrons. The number of aryl methyl sites for hydroxylation is 1. The second-order valence-electron chi connectivity index (χ2n) is 4.36. The first kappa shape index (κ1) is 15.2. The standard InChI is InChI=1S/C14H20BrNO2/c1-5-16(11(3)9-18-4)14(17)12-6-7-13(15)10(2)8-12/h6-8,11H,5,9H2,1-4H3. The highest BCUT2D eigenvalue weighted by Gasteiger charge is 2.20. The Hall–Kier alpha value is -0.870. The van der Waals surface area contributed by atoms with Gasteiger partial charge in [-0.3, -0.25) is 4.79 Å². The van der Waals surface area contributed by atoms with Crippen molar-refractivity contribution in [3.8, 4) is 0 Å². The van der Waals surface area contributed by atoms with Crippen molar-refractivity contribution in [2.24, 2.45) is 0 Å². The van der Waals surface area contributed by atoms with Crippen molar-refractivity contribution in [2.45, 2.75) is 26.8 Å². The number of likely N-dealkylation sites (N-methyl/N-ethyl adjacent to an activating group) is 1. The second kappa shape index (κ2) is 6.90. The summed E-state index contributed by atoms with van der Waals surface area (Å²) < 4.78 is 6.13. The fourth-order valence-electron chi connectivity index (χ4n) is 1.93. The summed E-state index contributed by atoms with van der Waals surface area (Å²) >= 11 is 3.44. The first-order chi connectivity index (χ1) is 8.51. The summed E-state index contributed by atoms with van der Waals surface area (Å²) in [5.41, 5.74) is 1.79. The molecule has 0 aliphatic rings. The van der Waals surface area contributed by atoms with Crippen LogP contribution in [0.2, 0.25) is 0 Å². The number of methoxy groups -OCH3 is 1. The van der Waals surface area contributed by atoms with Crippen LogP contribution in [0, 0.1) is 6.92 Å². The molecule has 1 aromatic carbocycles. The summed E-state index contributed by atoms with van der Waals surface area (Å²) in [7, 11) is 1.65. The molecule has 1 aromatic rings. The van der Waals surface area contributed by atoms with Crippen LogP contribution >= 0.6 is 15.9 Å². The highest BCUT2D eigenvalue weighted by Crippen LogP contribution is 2.18. The maximum Gasteiger partial charge on any atom is 0.254 e. The average Bonchev–Trinajstić information content (AvgIpc) is 2.33. The molecule has 0 heterocycles. The molecule has 0 aliphatic heterocycles. The lowest BCUT2D eigenvalue weighted by Gasteiger charge is -2.27. The van der Waals surface area contributed by atoms with Gasteiger partial charge in [0.05, 0.1) is 12.6 Å². The second-order valence-corrected chi connectivity index (χ2v) is 5.21. The van der Waals surface area contributed by atoms with Crippen LogP contribution in [0.1, 0.15) is 29.8 Å². The Morgan fingerprint density at radius 1 is 1.50 bits per heavy atom. The van der Waals surface area contributed by atoms with Gasteiger partial charge in [-0.1, -0.05) is 15.9 Å². The van der Waals surface area contributed by atoms with Crippen LogP contribution in [0.4, 0.5) is 0 Å². The summed E-state index contributed by atoms with van der Waals surface area (Å²) in [6, 6.07) is 5.75. The van der Waals surface area contributed by atoms with E-state index in [-0.39, 0.29) is 11.9 Å². The van der Waals surface area contributed by atoms with Gasteiger partial charge in [-0.05, 0) is 44.5 Å². The van der Waals surface area contributed by atoms with E-state index in [0.29, 0.717) is 13.2 Å². The number of carbonyl (C=O) groups is 1. The first-order valence-corrected chi connectivity index (χ1v) is 6.86. The minimum atomic E-state index is 0.0534. The molecule has 3 nitrogen and oxygen atoms in total. The Bertz CT molecular complexity index is 420. The number of nitrogens with zero attached hydrogens (tertiary/aromatic N) is 1. The maximum absolute atomic E-state index is 12.4. The zero-order valence-electron chi connectivity index (χ0n) is 11.4. The van der Waals surface area contributed by atoms with E-state index >= 15 is 0 Å². The Morgan fingerprint density at radius 3 is 2.67 bits per heavy atom. The molecular formula is C14H20BrNO2. The van der Waals surface area contributed by atoms with Gasteiger partial charge < -0.3 is 9.64 Å². The first-order valence-electron chi connectivity index (χ1n) is 6.07. The molecule has 0 spiro atoms. The summed E-state index contributed by atoms with van der Waals surface area (Å²) in [6.07, 6.45) is 0. The third kappa shape index (κ3) is 3.56. The zero-order chi connectivity index (χ0) is 13.7. The van der Waals surface area contributed by atoms with Gasteiger partial charge in [0, 0.05) is 23.7 Å². The Morgan fingerprint density at radius 2 is 2.17 bits per heavy atom. The lowest BCUT2D eigenvalue weighted by molar-refractivity contribution is 0.0579. The quantitative estimate of drug-likeness (QED) is 0.835. The van der Waals surface area contributed by atoms with Gasteiger partial charge >= 0.3 is 0 Å². The van der Waals surface area contributed by atoms with Gasteiger partial charge in [-0.25, -0.2) is 0 Å². The predicted molar refractivity (Wildman–Crippen MR) is 76.9 cm³/mol. The normalized spacial score (nSPS) is 12.3. The van der Waals surface area contributed by atoms with Gasteiger partial charge in [0.25, 0.3) is 5.91 Å². The zero-order valence-corrected chi connectivity index (χ0v) is 13.0. The van der Waals surface area contributed by atoms with Crippen molar-refractivity contribution in [1.82, 2.24) is 4.90 Å². The molecule has 0 N–H and O–H groups in total. The Balaban J connectivity index is 2.92. The fraction of sp³-hybridized carbons (Fsp3) is 0.500. The molecule has 1 amide bonds. The lowest BCUT2D eigenvalue weighted by atomic mass is 10.1. The van der Waals surface area contributed by atoms with Crippen LogP contribution < -0.4 is 0 Å². The molecule has 0 bridgehead atoms. The highest BCUT2D eigenvalue weighted by molar-refractivity contribution is 9.10. The van der Waals surface area contributed by atoms with Gasteiger partial charge in [0.1, 0.15) is 0 Å². The van der Waals surface area contributed by atoms with E-state index in [1.54, 1.807) is 7.11 Å². The van der Waals surface area contributed by atoms with Crippen molar-refractivity contribution >= 4 is 21.8 Å². The van der Waals surface area contributed by atoms with E-state index in [2.05, 4.69) is 15.9 Å². The largest absolute Gasteiger partial charge is 0.383 e. The molecule has 18 heavy (non-hydrogen) atoms. The Labute approximate surface area is 117 Å². The van der Waals surface area contributed by atoms with Crippen LogP contribution in [0.15, 0.2) is 22.7 Å². The molecule has 100 valence electrons. The predicted octanol–water partition coefficient (Wildman–Crippen LogP) is 3.25. The van der Waals surface area contributed by atoms with E-state index in [1.807, 2.05) is 43.9 Å². The summed E-state index contributed by atoms with van der Waals surface area (Å²) in [4.78, 5) is 14.2. The van der Waals surface area contributed by atoms with Crippen molar-refractivity contribution in [1.29, 1.82) is 0 Å². The van der Waals surface area contributed by atoms with Crippen LogP contribution in [-0.4, -0.2) is 37.1 Å². The summed E-state index contributed by atoms with van der Waals surface area (Å²) in [5, 5.41) is 0. The van der Waals surface area contributed by atoms with Crippen LogP contribution in [-0.2, 0) is 4.74 Å². The number of benzene rings is 1. The molecule has 4 heteroatoms. The molecule has 0 saturated heterocycles. The fourth-order valence-corrected chi connectivity index (χ4v) is 2.18. The molecule has 1 rings (SSSR count). The minimum Gasteiger partial charge on any atom is -0.383 e. The smallest absolute Gasteiger partial charge is 0.254 e. The molecule has 0 fully saturated rings. The number of carbonyl (C=O) groups excluding carboxylic acids is 1. The Kier molecular flexibility index (Phi) is 5.82. The summed E-state index contributed by atoms with van der Waals surface area (Å²) in [5.74, 6) is 0.0534. The number of amides is 1. The third-order valence-corrected chi connectivity index (χ3v) is 3.84. The van der Waals surface area contributed by atoms with Gasteiger partial charge in [-0.2, -0.15) is 0 Å². The molecule has 0 aromatic heterocycles. The average molecular weight is 314 g/mol. The van der Waals surface area contributed by atoms with E-state index in [4.69, 9.17) is 4.74 Å². The molecular weight excluding hydrogens is 294 g/mol. The van der Waals surface area contributed by atoms with Crippen molar-refractivity contribution in [2.75, 3.05) is 20.3 Å². The van der Waals surface area contributed by atoms with E-state index in [9.17, 15) is 4.79 Å². The van der Waals surface area contributed by atoms with Crippen molar-refractivity contribution in [3.63, 3.8) is 0 Å². The molecule has 0 aliphatic carbocycles. The molecule has 1 atom stereocenters. The number of hydrogen-bond acceptors (Lipinski definition) is 2. The number of halogens is 1. The van der Waals surface area contributed by atoms with Crippen molar-refractivity contribution in [3.05, 3.63) is 33.8 Å². The molecule has 0 saturated carbocycles.